The summed E-state index contributed by atoms with van der Waals surface area (Å²) in [5.74, 6) is 0.597. The third kappa shape index (κ3) is 3.36. The number of rotatable bonds is 4. The van der Waals surface area contributed by atoms with Crippen molar-refractivity contribution in [3.8, 4) is 0 Å². The van der Waals surface area contributed by atoms with E-state index in [4.69, 9.17) is 18.0 Å². The Morgan fingerprint density at radius 1 is 1.61 bits per heavy atom. The minimum atomic E-state index is 0.301. The number of anilines is 1. The summed E-state index contributed by atoms with van der Waals surface area (Å²) in [4.78, 5) is 11.1. The van der Waals surface area contributed by atoms with Gasteiger partial charge in [0.05, 0.1) is 0 Å². The third-order valence-corrected chi connectivity index (χ3v) is 3.53. The van der Waals surface area contributed by atoms with E-state index in [0.717, 1.165) is 6.54 Å². The number of thiocarbonyl (C=S) groups is 1. The van der Waals surface area contributed by atoms with Crippen LogP contribution in [0, 0.1) is 0 Å². The number of likely N-dealkylation sites (N-methyl/N-ethyl adjacent to an activating group) is 1. The second kappa shape index (κ2) is 6.06. The lowest BCUT2D eigenvalue weighted by molar-refractivity contribution is 0.194. The molecule has 0 amide bonds. The van der Waals surface area contributed by atoms with E-state index in [2.05, 4.69) is 27.2 Å². The molecule has 0 spiro atoms. The van der Waals surface area contributed by atoms with Gasteiger partial charge in [-0.1, -0.05) is 18.6 Å². The molecule has 0 bridgehead atoms. The molecule has 1 aliphatic heterocycles. The van der Waals surface area contributed by atoms with Crippen LogP contribution >= 0.6 is 12.2 Å². The van der Waals surface area contributed by atoms with Crippen LogP contribution in [0.15, 0.2) is 12.3 Å². The molecule has 18 heavy (non-hydrogen) atoms. The average Bonchev–Trinajstić information content (AvgIpc) is 2.38. The first-order chi connectivity index (χ1) is 8.66. The van der Waals surface area contributed by atoms with E-state index in [1.165, 1.54) is 25.8 Å². The Kier molecular flexibility index (Phi) is 4.43. The van der Waals surface area contributed by atoms with Crippen LogP contribution in [0.25, 0.3) is 0 Å². The largest absolute Gasteiger partial charge is 0.388 e. The van der Waals surface area contributed by atoms with Gasteiger partial charge in [0.1, 0.15) is 10.7 Å². The first kappa shape index (κ1) is 13.2. The first-order valence-corrected chi connectivity index (χ1v) is 6.64. The molecule has 6 heteroatoms. The second-order valence-corrected chi connectivity index (χ2v) is 5.08. The fourth-order valence-corrected chi connectivity index (χ4v) is 2.31. The van der Waals surface area contributed by atoms with Crippen molar-refractivity contribution in [1.82, 2.24) is 14.9 Å². The highest BCUT2D eigenvalue weighted by Gasteiger charge is 2.18. The minimum Gasteiger partial charge on any atom is -0.388 e. The predicted octanol–water partition coefficient (Wildman–Crippen LogP) is 1.01. The van der Waals surface area contributed by atoms with Crippen molar-refractivity contribution < 1.29 is 0 Å². The molecule has 98 valence electrons. The van der Waals surface area contributed by atoms with Crippen molar-refractivity contribution in [2.45, 2.75) is 25.3 Å². The number of aromatic nitrogens is 2. The van der Waals surface area contributed by atoms with E-state index in [1.54, 1.807) is 12.3 Å². The Hall–Kier alpha value is -1.27. The van der Waals surface area contributed by atoms with Crippen molar-refractivity contribution in [1.29, 1.82) is 0 Å². The molecule has 0 aromatic carbocycles. The van der Waals surface area contributed by atoms with Crippen LogP contribution in [-0.4, -0.2) is 46.0 Å². The van der Waals surface area contributed by atoms with Crippen LogP contribution in [0.4, 0.5) is 5.95 Å². The van der Waals surface area contributed by atoms with Gasteiger partial charge in [-0.2, -0.15) is 0 Å². The van der Waals surface area contributed by atoms with Gasteiger partial charge in [0, 0.05) is 18.8 Å². The van der Waals surface area contributed by atoms with Crippen LogP contribution < -0.4 is 11.1 Å². The summed E-state index contributed by atoms with van der Waals surface area (Å²) in [6, 6.07) is 2.27. The molecule has 2 heterocycles. The van der Waals surface area contributed by atoms with Gasteiger partial charge < -0.3 is 16.0 Å². The van der Waals surface area contributed by atoms with Gasteiger partial charge in [-0.05, 0) is 32.5 Å². The van der Waals surface area contributed by atoms with Gasteiger partial charge in [0.15, 0.2) is 0 Å². The molecule has 0 aliphatic carbocycles. The van der Waals surface area contributed by atoms with Gasteiger partial charge in [-0.3, -0.25) is 0 Å². The Labute approximate surface area is 113 Å². The molecular weight excluding hydrogens is 246 g/mol. The molecule has 1 saturated heterocycles. The quantitative estimate of drug-likeness (QED) is 0.792. The summed E-state index contributed by atoms with van der Waals surface area (Å²) in [6.07, 6.45) is 5.48. The zero-order valence-corrected chi connectivity index (χ0v) is 11.4. The molecule has 0 saturated carbocycles. The van der Waals surface area contributed by atoms with Gasteiger partial charge in [0.25, 0.3) is 0 Å². The monoisotopic (exact) mass is 265 g/mol. The number of likely N-dealkylation sites (tertiary alicyclic amines) is 1. The van der Waals surface area contributed by atoms with Crippen molar-refractivity contribution >= 4 is 23.2 Å². The molecule has 1 aromatic heterocycles. The normalized spacial score (nSPS) is 20.6. The molecule has 0 radical (unpaired) electrons. The molecule has 2 rings (SSSR count). The molecule has 3 N–H and O–H groups in total. The maximum atomic E-state index is 5.55. The fourth-order valence-electron chi connectivity index (χ4n) is 2.19. The van der Waals surface area contributed by atoms with Crippen molar-refractivity contribution in [2.75, 3.05) is 25.5 Å². The highest BCUT2D eigenvalue weighted by atomic mass is 32.1. The van der Waals surface area contributed by atoms with Crippen LogP contribution in [0.2, 0.25) is 0 Å². The van der Waals surface area contributed by atoms with Gasteiger partial charge in [-0.15, -0.1) is 0 Å². The third-order valence-electron chi connectivity index (χ3n) is 3.33. The van der Waals surface area contributed by atoms with Crippen LogP contribution in [-0.2, 0) is 0 Å². The first-order valence-electron chi connectivity index (χ1n) is 6.24. The molecule has 1 unspecified atom stereocenters. The Bertz CT molecular complexity index is 423. The maximum Gasteiger partial charge on any atom is 0.223 e. The molecule has 1 atom stereocenters. The van der Waals surface area contributed by atoms with E-state index in [9.17, 15) is 0 Å². The molecule has 5 nitrogen and oxygen atoms in total. The predicted molar refractivity (Wildman–Crippen MR) is 76.7 cm³/mol. The SMILES string of the molecule is CN1CCCCC1CNc1nccc(C(N)=S)n1. The summed E-state index contributed by atoms with van der Waals surface area (Å²) in [6.45, 7) is 2.03. The number of hydrogen-bond donors (Lipinski definition) is 2. The number of nitrogens with zero attached hydrogens (tertiary/aromatic N) is 3. The van der Waals surface area contributed by atoms with E-state index >= 15 is 0 Å². The number of hydrogen-bond acceptors (Lipinski definition) is 5. The zero-order valence-electron chi connectivity index (χ0n) is 10.6. The van der Waals surface area contributed by atoms with Crippen LogP contribution in [0.5, 0.6) is 0 Å². The molecule has 1 fully saturated rings. The van der Waals surface area contributed by atoms with Gasteiger partial charge in [0.2, 0.25) is 5.95 Å². The van der Waals surface area contributed by atoms with Crippen molar-refractivity contribution in [2.24, 2.45) is 5.73 Å². The Balaban J connectivity index is 1.93. The van der Waals surface area contributed by atoms with E-state index in [1.807, 2.05) is 0 Å². The lowest BCUT2D eigenvalue weighted by Gasteiger charge is -2.32. The second-order valence-electron chi connectivity index (χ2n) is 4.64. The van der Waals surface area contributed by atoms with Crippen LogP contribution in [0.3, 0.4) is 0 Å². The zero-order chi connectivity index (χ0) is 13.0. The smallest absolute Gasteiger partial charge is 0.223 e. The van der Waals surface area contributed by atoms with Crippen LogP contribution in [0.1, 0.15) is 25.0 Å². The highest BCUT2D eigenvalue weighted by molar-refractivity contribution is 7.80. The minimum absolute atomic E-state index is 0.301. The van der Waals surface area contributed by atoms with Gasteiger partial charge in [-0.25, -0.2) is 9.97 Å². The maximum absolute atomic E-state index is 5.55. The standard InChI is InChI=1S/C12H19N5S/c1-17-7-3-2-4-9(17)8-15-12-14-6-5-10(16-12)11(13)18/h5-6,9H,2-4,7-8H2,1H3,(H2,13,18)(H,14,15,16). The summed E-state index contributed by atoms with van der Waals surface area (Å²) in [5, 5.41) is 3.26. The number of piperidine rings is 1. The summed E-state index contributed by atoms with van der Waals surface area (Å²) >= 11 is 4.90. The Morgan fingerprint density at radius 2 is 2.44 bits per heavy atom. The molecule has 1 aliphatic rings. The molecular formula is C12H19N5S. The molecule has 1 aromatic rings. The van der Waals surface area contributed by atoms with Gasteiger partial charge >= 0.3 is 0 Å². The number of nitrogens with two attached hydrogens (primary N) is 1. The highest BCUT2D eigenvalue weighted by Crippen LogP contribution is 2.15. The summed E-state index contributed by atoms with van der Waals surface area (Å²) in [7, 11) is 2.16. The van der Waals surface area contributed by atoms with E-state index in [-0.39, 0.29) is 0 Å². The van der Waals surface area contributed by atoms with E-state index in [0.29, 0.717) is 22.7 Å². The van der Waals surface area contributed by atoms with E-state index < -0.39 is 0 Å². The average molecular weight is 265 g/mol. The topological polar surface area (TPSA) is 67.1 Å². The fraction of sp³-hybridized carbons (Fsp3) is 0.583. The Morgan fingerprint density at radius 3 is 3.17 bits per heavy atom. The number of nitrogens with one attached hydrogen (secondary N) is 1. The van der Waals surface area contributed by atoms with Crippen molar-refractivity contribution in [3.63, 3.8) is 0 Å². The lowest BCUT2D eigenvalue weighted by atomic mass is 10.0. The summed E-state index contributed by atoms with van der Waals surface area (Å²) < 4.78 is 0. The summed E-state index contributed by atoms with van der Waals surface area (Å²) in [5.41, 5.74) is 6.16. The lowest BCUT2D eigenvalue weighted by Crippen LogP contribution is -2.41. The van der Waals surface area contributed by atoms with Crippen molar-refractivity contribution in [3.05, 3.63) is 18.0 Å².